The molecular formula is C15H17N5O2. The largest absolute Gasteiger partial charge is 0.379 e. The first-order valence-corrected chi connectivity index (χ1v) is 7.43. The summed E-state index contributed by atoms with van der Waals surface area (Å²) in [5.41, 5.74) is 7.99. The van der Waals surface area contributed by atoms with Gasteiger partial charge in [-0.3, -0.25) is 4.79 Å². The van der Waals surface area contributed by atoms with E-state index in [-0.39, 0.29) is 18.4 Å². The minimum atomic E-state index is -0.383. The maximum absolute atomic E-state index is 11.4. The van der Waals surface area contributed by atoms with Crippen LogP contribution in [-0.2, 0) is 16.0 Å². The second kappa shape index (κ2) is 5.10. The van der Waals surface area contributed by atoms with Gasteiger partial charge in [0.15, 0.2) is 0 Å². The summed E-state index contributed by atoms with van der Waals surface area (Å²) < 4.78 is 7.74. The first-order chi connectivity index (χ1) is 10.7. The number of nitrogens with zero attached hydrogens (tertiary/aromatic N) is 3. The Labute approximate surface area is 126 Å². The summed E-state index contributed by atoms with van der Waals surface area (Å²) in [6.45, 7) is 1.42. The molecule has 0 aromatic carbocycles. The van der Waals surface area contributed by atoms with Gasteiger partial charge in [0.2, 0.25) is 5.91 Å². The summed E-state index contributed by atoms with van der Waals surface area (Å²) in [6, 6.07) is 2.16. The number of primary amides is 1. The Bertz CT molecular complexity index is 844. The molecule has 1 aliphatic rings. The minimum Gasteiger partial charge on any atom is -0.379 e. The van der Waals surface area contributed by atoms with Gasteiger partial charge in [-0.25, -0.2) is 9.97 Å². The zero-order valence-corrected chi connectivity index (χ0v) is 12.1. The standard InChI is InChI=1S/C15H17N5O2/c16-12(21)6-13-19-11-7-18-15-10(3-4-17-15)14(11)20(13)9-2-1-5-22-8-9/h3-4,7,9H,1-2,5-6,8H2,(H2,16,21)(H,17,18)/t9-/m0/s1. The molecule has 0 radical (unpaired) electrons. The summed E-state index contributed by atoms with van der Waals surface area (Å²) >= 11 is 0. The van der Waals surface area contributed by atoms with E-state index in [0.717, 1.165) is 41.5 Å². The van der Waals surface area contributed by atoms with E-state index in [1.807, 2.05) is 12.3 Å². The number of hydrogen-bond acceptors (Lipinski definition) is 4. The number of rotatable bonds is 3. The molecule has 0 bridgehead atoms. The highest BCUT2D eigenvalue weighted by Gasteiger charge is 2.24. The van der Waals surface area contributed by atoms with Crippen LogP contribution in [0.25, 0.3) is 22.1 Å². The number of nitrogens with two attached hydrogens (primary N) is 1. The number of aromatic nitrogens is 4. The van der Waals surface area contributed by atoms with Gasteiger partial charge in [0.05, 0.1) is 30.8 Å². The average Bonchev–Trinajstić information content (AvgIpc) is 3.10. The molecule has 114 valence electrons. The number of imidazole rings is 1. The van der Waals surface area contributed by atoms with Crippen LogP contribution in [-0.4, -0.2) is 38.6 Å². The number of aromatic amines is 1. The third kappa shape index (κ3) is 2.05. The fraction of sp³-hybridized carbons (Fsp3) is 0.400. The van der Waals surface area contributed by atoms with Gasteiger partial charge in [0.25, 0.3) is 0 Å². The summed E-state index contributed by atoms with van der Waals surface area (Å²) in [4.78, 5) is 23.5. The van der Waals surface area contributed by atoms with Crippen molar-refractivity contribution in [2.24, 2.45) is 5.73 Å². The number of H-pyrrole nitrogens is 1. The van der Waals surface area contributed by atoms with Crippen LogP contribution >= 0.6 is 0 Å². The first-order valence-electron chi connectivity index (χ1n) is 7.43. The molecule has 1 fully saturated rings. The van der Waals surface area contributed by atoms with E-state index >= 15 is 0 Å². The zero-order chi connectivity index (χ0) is 15.1. The molecule has 22 heavy (non-hydrogen) atoms. The number of carbonyl (C=O) groups excluding carboxylic acids is 1. The number of nitrogens with one attached hydrogen (secondary N) is 1. The third-order valence-electron chi connectivity index (χ3n) is 4.14. The van der Waals surface area contributed by atoms with Gasteiger partial charge < -0.3 is 20.0 Å². The van der Waals surface area contributed by atoms with Crippen LogP contribution < -0.4 is 5.73 Å². The summed E-state index contributed by atoms with van der Waals surface area (Å²) in [5.74, 6) is 0.306. The van der Waals surface area contributed by atoms with E-state index in [1.54, 1.807) is 6.20 Å². The summed E-state index contributed by atoms with van der Waals surface area (Å²) in [7, 11) is 0. The number of pyridine rings is 1. The molecule has 0 saturated carbocycles. The van der Waals surface area contributed by atoms with Gasteiger partial charge in [0.1, 0.15) is 17.0 Å². The normalized spacial score (nSPS) is 19.0. The Morgan fingerprint density at radius 2 is 2.45 bits per heavy atom. The molecule has 0 unspecified atom stereocenters. The zero-order valence-electron chi connectivity index (χ0n) is 12.1. The van der Waals surface area contributed by atoms with Crippen LogP contribution in [0.15, 0.2) is 18.5 Å². The minimum absolute atomic E-state index is 0.122. The lowest BCUT2D eigenvalue weighted by Crippen LogP contribution is -2.25. The van der Waals surface area contributed by atoms with E-state index in [1.165, 1.54) is 0 Å². The van der Waals surface area contributed by atoms with Crippen molar-refractivity contribution < 1.29 is 9.53 Å². The van der Waals surface area contributed by atoms with Crippen molar-refractivity contribution in [3.8, 4) is 0 Å². The molecule has 3 aromatic rings. The van der Waals surface area contributed by atoms with Gasteiger partial charge >= 0.3 is 0 Å². The highest BCUT2D eigenvalue weighted by Crippen LogP contribution is 2.30. The van der Waals surface area contributed by atoms with Crippen molar-refractivity contribution >= 4 is 28.0 Å². The molecular weight excluding hydrogens is 282 g/mol. The van der Waals surface area contributed by atoms with Gasteiger partial charge in [-0.15, -0.1) is 0 Å². The topological polar surface area (TPSA) is 98.8 Å². The monoisotopic (exact) mass is 299 g/mol. The number of ether oxygens (including phenoxy) is 1. The maximum Gasteiger partial charge on any atom is 0.225 e. The molecule has 0 aliphatic carbocycles. The van der Waals surface area contributed by atoms with E-state index in [0.29, 0.717) is 12.4 Å². The molecule has 1 atom stereocenters. The highest BCUT2D eigenvalue weighted by molar-refractivity contribution is 6.01. The number of fused-ring (bicyclic) bond motifs is 3. The lowest BCUT2D eigenvalue weighted by molar-refractivity contribution is -0.117. The Morgan fingerprint density at radius 3 is 3.23 bits per heavy atom. The lowest BCUT2D eigenvalue weighted by atomic mass is 10.1. The molecule has 7 nitrogen and oxygen atoms in total. The molecule has 4 rings (SSSR count). The summed E-state index contributed by atoms with van der Waals surface area (Å²) in [5, 5.41) is 1.01. The predicted octanol–water partition coefficient (Wildman–Crippen LogP) is 1.29. The highest BCUT2D eigenvalue weighted by atomic mass is 16.5. The van der Waals surface area contributed by atoms with Crippen molar-refractivity contribution in [2.75, 3.05) is 13.2 Å². The van der Waals surface area contributed by atoms with Gasteiger partial charge in [0, 0.05) is 18.2 Å². The molecule has 3 N–H and O–H groups in total. The van der Waals surface area contributed by atoms with E-state index in [2.05, 4.69) is 19.5 Å². The Balaban J connectivity index is 1.98. The van der Waals surface area contributed by atoms with Crippen molar-refractivity contribution in [3.63, 3.8) is 0 Å². The Kier molecular flexibility index (Phi) is 3.07. The van der Waals surface area contributed by atoms with Gasteiger partial charge in [-0.05, 0) is 18.9 Å². The van der Waals surface area contributed by atoms with Gasteiger partial charge in [-0.2, -0.15) is 0 Å². The van der Waals surface area contributed by atoms with Crippen LogP contribution in [0.5, 0.6) is 0 Å². The van der Waals surface area contributed by atoms with E-state index in [4.69, 9.17) is 10.5 Å². The smallest absolute Gasteiger partial charge is 0.225 e. The number of carbonyl (C=O) groups is 1. The molecule has 7 heteroatoms. The summed E-state index contributed by atoms with van der Waals surface area (Å²) in [6.07, 6.45) is 5.72. The lowest BCUT2D eigenvalue weighted by Gasteiger charge is -2.25. The van der Waals surface area contributed by atoms with Crippen molar-refractivity contribution in [3.05, 3.63) is 24.3 Å². The molecule has 0 spiro atoms. The Hall–Kier alpha value is -2.41. The van der Waals surface area contributed by atoms with Crippen molar-refractivity contribution in [1.82, 2.24) is 19.5 Å². The first kappa shape index (κ1) is 13.3. The fourth-order valence-electron chi connectivity index (χ4n) is 3.24. The molecule has 1 aliphatic heterocycles. The molecule has 4 heterocycles. The van der Waals surface area contributed by atoms with Crippen LogP contribution in [0.4, 0.5) is 0 Å². The maximum atomic E-state index is 11.4. The van der Waals surface area contributed by atoms with Crippen LogP contribution in [0, 0.1) is 0 Å². The number of amides is 1. The van der Waals surface area contributed by atoms with Gasteiger partial charge in [-0.1, -0.05) is 0 Å². The molecule has 3 aromatic heterocycles. The predicted molar refractivity (Wildman–Crippen MR) is 81.4 cm³/mol. The second-order valence-electron chi connectivity index (χ2n) is 5.64. The van der Waals surface area contributed by atoms with Crippen molar-refractivity contribution in [2.45, 2.75) is 25.3 Å². The van der Waals surface area contributed by atoms with Crippen LogP contribution in [0.2, 0.25) is 0 Å². The van der Waals surface area contributed by atoms with Crippen molar-refractivity contribution in [1.29, 1.82) is 0 Å². The number of hydrogen-bond donors (Lipinski definition) is 2. The molecule has 1 saturated heterocycles. The average molecular weight is 299 g/mol. The molecule has 1 amide bonds. The second-order valence-corrected chi connectivity index (χ2v) is 5.64. The van der Waals surface area contributed by atoms with Crippen LogP contribution in [0.3, 0.4) is 0 Å². The SMILES string of the molecule is NC(=O)Cc1nc2cnc3[nH]ccc3c2n1[C@H]1CCCOC1. The van der Waals surface area contributed by atoms with E-state index < -0.39 is 0 Å². The Morgan fingerprint density at radius 1 is 1.55 bits per heavy atom. The third-order valence-corrected chi connectivity index (χ3v) is 4.14. The van der Waals surface area contributed by atoms with E-state index in [9.17, 15) is 4.79 Å². The van der Waals surface area contributed by atoms with Crippen LogP contribution in [0.1, 0.15) is 24.7 Å². The fourth-order valence-corrected chi connectivity index (χ4v) is 3.24. The quantitative estimate of drug-likeness (QED) is 0.761.